The summed E-state index contributed by atoms with van der Waals surface area (Å²) in [6, 6.07) is 16.4. The van der Waals surface area contributed by atoms with Crippen LogP contribution < -0.4 is 5.32 Å². The fraction of sp³-hybridized carbons (Fsp3) is 0.350. The molecular formula is C20H23FN2O. The minimum atomic E-state index is -0.164. The highest BCUT2D eigenvalue weighted by Crippen LogP contribution is 2.22. The van der Waals surface area contributed by atoms with E-state index in [2.05, 4.69) is 10.2 Å². The molecular weight excluding hydrogens is 303 g/mol. The van der Waals surface area contributed by atoms with E-state index >= 15 is 0 Å². The molecule has 0 aromatic heterocycles. The Bertz CT molecular complexity index is 666. The van der Waals surface area contributed by atoms with Crippen molar-refractivity contribution in [3.63, 3.8) is 0 Å². The Balaban J connectivity index is 1.42. The van der Waals surface area contributed by atoms with Crippen molar-refractivity contribution in [2.24, 2.45) is 5.92 Å². The maximum Gasteiger partial charge on any atom is 0.238 e. The van der Waals surface area contributed by atoms with Crippen molar-refractivity contribution >= 4 is 11.6 Å². The molecule has 0 unspecified atom stereocenters. The van der Waals surface area contributed by atoms with Crippen LogP contribution in [0.3, 0.4) is 0 Å². The van der Waals surface area contributed by atoms with Gasteiger partial charge in [0, 0.05) is 5.69 Å². The molecule has 24 heavy (non-hydrogen) atoms. The van der Waals surface area contributed by atoms with Crippen molar-refractivity contribution in [1.82, 2.24) is 4.90 Å². The van der Waals surface area contributed by atoms with Crippen molar-refractivity contribution in [1.29, 1.82) is 0 Å². The third-order valence-corrected chi connectivity index (χ3v) is 4.55. The standard InChI is InChI=1S/C20H23FN2O/c21-18-6-4-5-17(14-18)13-16-9-11-23(12-10-16)15-20(24)22-19-7-2-1-3-8-19/h1-8,14,16H,9-13,15H2,(H,22,24). The van der Waals surface area contributed by atoms with Crippen LogP contribution >= 0.6 is 0 Å². The molecule has 0 atom stereocenters. The number of carbonyl (C=O) groups excluding carboxylic acids is 1. The smallest absolute Gasteiger partial charge is 0.238 e. The Hall–Kier alpha value is -2.20. The first kappa shape index (κ1) is 16.7. The summed E-state index contributed by atoms with van der Waals surface area (Å²) in [5, 5.41) is 2.92. The van der Waals surface area contributed by atoms with Crippen LogP contribution in [0.2, 0.25) is 0 Å². The Labute approximate surface area is 142 Å². The minimum absolute atomic E-state index is 0.0322. The van der Waals surface area contributed by atoms with Crippen LogP contribution in [-0.2, 0) is 11.2 Å². The number of halogens is 1. The van der Waals surface area contributed by atoms with E-state index in [0.717, 1.165) is 43.6 Å². The molecule has 1 fully saturated rings. The summed E-state index contributed by atoms with van der Waals surface area (Å²) in [5.74, 6) is 0.438. The summed E-state index contributed by atoms with van der Waals surface area (Å²) < 4.78 is 13.3. The third kappa shape index (κ3) is 4.90. The fourth-order valence-corrected chi connectivity index (χ4v) is 3.27. The molecule has 1 aliphatic heterocycles. The second-order valence-electron chi connectivity index (χ2n) is 6.47. The Morgan fingerprint density at radius 2 is 1.83 bits per heavy atom. The molecule has 1 aliphatic rings. The van der Waals surface area contributed by atoms with Crippen LogP contribution in [0.25, 0.3) is 0 Å². The molecule has 0 saturated carbocycles. The highest BCUT2D eigenvalue weighted by atomic mass is 19.1. The van der Waals surface area contributed by atoms with Gasteiger partial charge < -0.3 is 5.32 Å². The molecule has 3 nitrogen and oxygen atoms in total. The zero-order valence-corrected chi connectivity index (χ0v) is 13.7. The number of hydrogen-bond donors (Lipinski definition) is 1. The molecule has 0 radical (unpaired) electrons. The van der Waals surface area contributed by atoms with E-state index in [0.29, 0.717) is 12.5 Å². The Kier molecular flexibility index (Phi) is 5.59. The largest absolute Gasteiger partial charge is 0.325 e. The highest BCUT2D eigenvalue weighted by Gasteiger charge is 2.21. The lowest BCUT2D eigenvalue weighted by Gasteiger charge is -2.31. The first-order valence-corrected chi connectivity index (χ1v) is 8.51. The number of amides is 1. The normalized spacial score (nSPS) is 16.0. The molecule has 3 rings (SSSR count). The monoisotopic (exact) mass is 326 g/mol. The van der Waals surface area contributed by atoms with Gasteiger partial charge in [0.15, 0.2) is 0 Å². The lowest BCUT2D eigenvalue weighted by molar-refractivity contribution is -0.117. The number of piperidine rings is 1. The number of nitrogens with zero attached hydrogens (tertiary/aromatic N) is 1. The predicted molar refractivity (Wildman–Crippen MR) is 94.3 cm³/mol. The van der Waals surface area contributed by atoms with E-state index in [1.54, 1.807) is 12.1 Å². The summed E-state index contributed by atoms with van der Waals surface area (Å²) in [6.45, 7) is 2.27. The average molecular weight is 326 g/mol. The summed E-state index contributed by atoms with van der Waals surface area (Å²) >= 11 is 0. The summed E-state index contributed by atoms with van der Waals surface area (Å²) in [6.07, 6.45) is 3.02. The summed E-state index contributed by atoms with van der Waals surface area (Å²) in [7, 11) is 0. The molecule has 2 aromatic carbocycles. The number of benzene rings is 2. The average Bonchev–Trinajstić information content (AvgIpc) is 2.57. The van der Waals surface area contributed by atoms with Gasteiger partial charge in [-0.1, -0.05) is 30.3 Å². The number of rotatable bonds is 5. The highest BCUT2D eigenvalue weighted by molar-refractivity contribution is 5.92. The number of nitrogens with one attached hydrogen (secondary N) is 1. The van der Waals surface area contributed by atoms with Gasteiger partial charge in [0.2, 0.25) is 5.91 Å². The molecule has 2 aromatic rings. The SMILES string of the molecule is O=C(CN1CCC(Cc2cccc(F)c2)CC1)Nc1ccccc1. The second kappa shape index (κ2) is 8.06. The fourth-order valence-electron chi connectivity index (χ4n) is 3.27. The van der Waals surface area contributed by atoms with Gasteiger partial charge in [0.05, 0.1) is 6.54 Å². The van der Waals surface area contributed by atoms with Gasteiger partial charge >= 0.3 is 0 Å². The molecule has 0 bridgehead atoms. The van der Waals surface area contributed by atoms with Gasteiger partial charge in [0.25, 0.3) is 0 Å². The lowest BCUT2D eigenvalue weighted by Crippen LogP contribution is -2.39. The number of para-hydroxylation sites is 1. The van der Waals surface area contributed by atoms with Crippen molar-refractivity contribution in [2.45, 2.75) is 19.3 Å². The first-order valence-electron chi connectivity index (χ1n) is 8.51. The van der Waals surface area contributed by atoms with Crippen molar-refractivity contribution in [3.05, 3.63) is 66.0 Å². The van der Waals surface area contributed by atoms with Gasteiger partial charge in [-0.05, 0) is 68.1 Å². The van der Waals surface area contributed by atoms with Crippen molar-refractivity contribution < 1.29 is 9.18 Å². The molecule has 1 N–H and O–H groups in total. The van der Waals surface area contributed by atoms with Crippen LogP contribution in [0.15, 0.2) is 54.6 Å². The Morgan fingerprint density at radius 1 is 1.08 bits per heavy atom. The van der Waals surface area contributed by atoms with Crippen LogP contribution in [0.1, 0.15) is 18.4 Å². The second-order valence-corrected chi connectivity index (χ2v) is 6.47. The number of likely N-dealkylation sites (tertiary alicyclic amines) is 1. The maximum atomic E-state index is 13.3. The minimum Gasteiger partial charge on any atom is -0.325 e. The maximum absolute atomic E-state index is 13.3. The molecule has 0 aliphatic carbocycles. The molecule has 1 saturated heterocycles. The van der Waals surface area contributed by atoms with Gasteiger partial charge in [-0.2, -0.15) is 0 Å². The molecule has 126 valence electrons. The number of hydrogen-bond acceptors (Lipinski definition) is 2. The number of anilines is 1. The Morgan fingerprint density at radius 3 is 2.54 bits per heavy atom. The summed E-state index contributed by atoms with van der Waals surface area (Å²) in [4.78, 5) is 14.3. The van der Waals surface area contributed by atoms with Gasteiger partial charge in [-0.3, -0.25) is 9.69 Å². The molecule has 4 heteroatoms. The topological polar surface area (TPSA) is 32.3 Å². The predicted octanol–water partition coefficient (Wildman–Crippen LogP) is 3.72. The van der Waals surface area contributed by atoms with Gasteiger partial charge in [-0.25, -0.2) is 4.39 Å². The van der Waals surface area contributed by atoms with Crippen LogP contribution in [-0.4, -0.2) is 30.4 Å². The van der Waals surface area contributed by atoms with Crippen molar-refractivity contribution in [3.8, 4) is 0 Å². The first-order chi connectivity index (χ1) is 11.7. The molecule has 1 heterocycles. The van der Waals surface area contributed by atoms with Crippen molar-refractivity contribution in [2.75, 3.05) is 25.0 Å². The van der Waals surface area contributed by atoms with Crippen LogP contribution in [0.4, 0.5) is 10.1 Å². The van der Waals surface area contributed by atoms with E-state index in [1.807, 2.05) is 36.4 Å². The van der Waals surface area contributed by atoms with E-state index in [1.165, 1.54) is 6.07 Å². The van der Waals surface area contributed by atoms with Gasteiger partial charge in [0.1, 0.15) is 5.82 Å². The number of carbonyl (C=O) groups is 1. The van der Waals surface area contributed by atoms with E-state index in [9.17, 15) is 9.18 Å². The summed E-state index contributed by atoms with van der Waals surface area (Å²) in [5.41, 5.74) is 1.90. The quantitative estimate of drug-likeness (QED) is 0.908. The van der Waals surface area contributed by atoms with Gasteiger partial charge in [-0.15, -0.1) is 0 Å². The zero-order valence-electron chi connectivity index (χ0n) is 13.7. The third-order valence-electron chi connectivity index (χ3n) is 4.55. The van der Waals surface area contributed by atoms with Crippen LogP contribution in [0, 0.1) is 11.7 Å². The lowest BCUT2D eigenvalue weighted by atomic mass is 9.90. The van der Waals surface area contributed by atoms with E-state index < -0.39 is 0 Å². The van der Waals surface area contributed by atoms with E-state index in [-0.39, 0.29) is 11.7 Å². The molecule has 0 spiro atoms. The molecule has 1 amide bonds. The van der Waals surface area contributed by atoms with Crippen LogP contribution in [0.5, 0.6) is 0 Å². The zero-order chi connectivity index (χ0) is 16.8. The van der Waals surface area contributed by atoms with E-state index in [4.69, 9.17) is 0 Å².